The SMILES string of the molecule is O=C(N1CCN(Cc2ccccc2)CC1)C(F)(F)C(F)(F)C(F)(F)C(F)(F)C(F)(F)C(F)(F)C(F)(F)C(F)F. The van der Waals surface area contributed by atoms with Crippen molar-refractivity contribution in [3.8, 4) is 0 Å². The average molecular weight is 604 g/mol. The largest absolute Gasteiger partial charge is 0.392 e. The van der Waals surface area contributed by atoms with Crippen LogP contribution in [0.25, 0.3) is 0 Å². The van der Waals surface area contributed by atoms with Gasteiger partial charge in [0.2, 0.25) is 0 Å². The Morgan fingerprint density at radius 2 is 1.05 bits per heavy atom. The second kappa shape index (κ2) is 10.2. The van der Waals surface area contributed by atoms with Crippen LogP contribution in [0.5, 0.6) is 0 Å². The highest BCUT2D eigenvalue weighted by molar-refractivity contribution is 5.85. The van der Waals surface area contributed by atoms with Crippen LogP contribution < -0.4 is 0 Å². The topological polar surface area (TPSA) is 23.6 Å². The van der Waals surface area contributed by atoms with Gasteiger partial charge in [0.05, 0.1) is 0 Å². The monoisotopic (exact) mass is 604 g/mol. The van der Waals surface area contributed by atoms with E-state index in [0.717, 1.165) is 0 Å². The first-order valence-corrected chi connectivity index (χ1v) is 10.4. The van der Waals surface area contributed by atoms with Gasteiger partial charge in [-0.25, -0.2) is 8.78 Å². The Morgan fingerprint density at radius 1 is 0.641 bits per heavy atom. The van der Waals surface area contributed by atoms with E-state index in [2.05, 4.69) is 0 Å². The number of hydrogen-bond acceptors (Lipinski definition) is 2. The molecule has 1 amide bonds. The van der Waals surface area contributed by atoms with Crippen LogP contribution in [-0.2, 0) is 11.3 Å². The minimum absolute atomic E-state index is 0.131. The van der Waals surface area contributed by atoms with E-state index in [4.69, 9.17) is 0 Å². The van der Waals surface area contributed by atoms with Crippen molar-refractivity contribution in [2.45, 2.75) is 54.4 Å². The summed E-state index contributed by atoms with van der Waals surface area (Å²) in [5.41, 5.74) is 0.658. The van der Waals surface area contributed by atoms with E-state index in [1.165, 1.54) is 4.90 Å². The van der Waals surface area contributed by atoms with Crippen LogP contribution in [0, 0.1) is 0 Å². The Kier molecular flexibility index (Phi) is 8.54. The maximum Gasteiger partial charge on any atom is 0.392 e. The molecule has 1 aromatic carbocycles. The molecule has 2 rings (SSSR count). The number of amides is 1. The number of carbonyl (C=O) groups is 1. The fourth-order valence-electron chi connectivity index (χ4n) is 3.42. The summed E-state index contributed by atoms with van der Waals surface area (Å²) < 4.78 is 215. The summed E-state index contributed by atoms with van der Waals surface area (Å²) in [6.07, 6.45) is -5.91. The highest BCUT2D eigenvalue weighted by atomic mass is 19.4. The van der Waals surface area contributed by atoms with E-state index in [1.807, 2.05) is 0 Å². The number of halogens is 16. The van der Waals surface area contributed by atoms with E-state index in [-0.39, 0.29) is 24.5 Å². The Labute approximate surface area is 208 Å². The first-order valence-electron chi connectivity index (χ1n) is 10.4. The predicted molar refractivity (Wildman–Crippen MR) is 98.9 cm³/mol. The molecule has 39 heavy (non-hydrogen) atoms. The van der Waals surface area contributed by atoms with Gasteiger partial charge in [0.25, 0.3) is 5.91 Å². The lowest BCUT2D eigenvalue weighted by molar-refractivity contribution is -0.444. The molecule has 1 aromatic rings. The quantitative estimate of drug-likeness (QED) is 0.304. The third kappa shape index (κ3) is 4.98. The lowest BCUT2D eigenvalue weighted by Crippen LogP contribution is -2.75. The number of benzene rings is 1. The van der Waals surface area contributed by atoms with Gasteiger partial charge in [0, 0.05) is 32.7 Å². The van der Waals surface area contributed by atoms with E-state index in [0.29, 0.717) is 5.56 Å². The summed E-state index contributed by atoms with van der Waals surface area (Å²) in [6.45, 7) is -2.38. The van der Waals surface area contributed by atoms with Crippen molar-refractivity contribution >= 4 is 5.91 Å². The third-order valence-electron chi connectivity index (χ3n) is 5.84. The van der Waals surface area contributed by atoms with Crippen LogP contribution in [-0.4, -0.2) is 89.8 Å². The first kappa shape index (κ1) is 32.7. The Balaban J connectivity index is 2.32. The van der Waals surface area contributed by atoms with Crippen molar-refractivity contribution in [3.63, 3.8) is 0 Å². The standard InChI is InChI=1S/C20H16F16N2O/c21-12(22)14(23,24)16(27,28)18(31,32)20(35,36)19(33,34)17(29,30)15(25,26)13(39)38-8-6-37(7-9-38)10-11-4-2-1-3-5-11/h1-5,12H,6-10H2. The zero-order chi connectivity index (χ0) is 30.5. The minimum atomic E-state index is -8.52. The van der Waals surface area contributed by atoms with Crippen molar-refractivity contribution in [1.29, 1.82) is 0 Å². The minimum Gasteiger partial charge on any atom is -0.335 e. The number of nitrogens with zero attached hydrogens (tertiary/aromatic N) is 2. The number of carbonyl (C=O) groups excluding carboxylic acids is 1. The summed E-state index contributed by atoms with van der Waals surface area (Å²) in [4.78, 5) is 13.2. The first-order chi connectivity index (χ1) is 17.4. The molecule has 0 radical (unpaired) electrons. The van der Waals surface area contributed by atoms with Crippen molar-refractivity contribution in [2.75, 3.05) is 26.2 Å². The fraction of sp³-hybridized carbons (Fsp3) is 0.650. The van der Waals surface area contributed by atoms with Gasteiger partial charge in [-0.3, -0.25) is 9.69 Å². The van der Waals surface area contributed by atoms with Crippen LogP contribution in [0.15, 0.2) is 30.3 Å². The van der Waals surface area contributed by atoms with Gasteiger partial charge in [0.15, 0.2) is 0 Å². The molecule has 0 spiro atoms. The molecule has 0 N–H and O–H groups in total. The zero-order valence-corrected chi connectivity index (χ0v) is 18.8. The fourth-order valence-corrected chi connectivity index (χ4v) is 3.42. The van der Waals surface area contributed by atoms with Crippen molar-refractivity contribution in [3.05, 3.63) is 35.9 Å². The number of piperazine rings is 1. The van der Waals surface area contributed by atoms with Gasteiger partial charge in [-0.1, -0.05) is 30.3 Å². The molecule has 1 aliphatic rings. The highest BCUT2D eigenvalue weighted by Gasteiger charge is 2.94. The molecule has 3 nitrogen and oxygen atoms in total. The molecule has 1 heterocycles. The number of hydrogen-bond donors (Lipinski definition) is 0. The summed E-state index contributed by atoms with van der Waals surface area (Å²) in [5, 5.41) is 0. The van der Waals surface area contributed by atoms with Gasteiger partial charge in [-0.2, -0.15) is 61.5 Å². The summed E-state index contributed by atoms with van der Waals surface area (Å²) in [7, 11) is 0. The summed E-state index contributed by atoms with van der Waals surface area (Å²) >= 11 is 0. The Hall–Kier alpha value is -2.47. The maximum atomic E-state index is 14.2. The zero-order valence-electron chi connectivity index (χ0n) is 18.8. The lowest BCUT2D eigenvalue weighted by atomic mass is 9.89. The van der Waals surface area contributed by atoms with Crippen LogP contribution >= 0.6 is 0 Å². The van der Waals surface area contributed by atoms with Gasteiger partial charge in [-0.05, 0) is 5.56 Å². The van der Waals surface area contributed by atoms with Crippen LogP contribution in [0.2, 0.25) is 0 Å². The van der Waals surface area contributed by atoms with E-state index in [9.17, 15) is 75.0 Å². The van der Waals surface area contributed by atoms with E-state index < -0.39 is 66.9 Å². The van der Waals surface area contributed by atoms with Crippen LogP contribution in [0.3, 0.4) is 0 Å². The molecule has 0 bridgehead atoms. The molecular formula is C20H16F16N2O. The molecular weight excluding hydrogens is 588 g/mol. The van der Waals surface area contributed by atoms with Crippen molar-refractivity contribution in [2.24, 2.45) is 0 Å². The molecule has 0 saturated carbocycles. The average Bonchev–Trinajstić information content (AvgIpc) is 2.83. The Morgan fingerprint density at radius 3 is 1.49 bits per heavy atom. The normalized spacial score (nSPS) is 17.6. The van der Waals surface area contributed by atoms with Gasteiger partial charge in [-0.15, -0.1) is 0 Å². The van der Waals surface area contributed by atoms with Crippen molar-refractivity contribution < 1.29 is 75.0 Å². The molecule has 1 saturated heterocycles. The second-order valence-corrected chi connectivity index (χ2v) is 8.42. The predicted octanol–water partition coefficient (Wildman–Crippen LogP) is 6.04. The highest BCUT2D eigenvalue weighted by Crippen LogP contribution is 2.62. The molecule has 1 fully saturated rings. The maximum absolute atomic E-state index is 14.2. The Bertz CT molecular complexity index is 1010. The van der Waals surface area contributed by atoms with Crippen LogP contribution in [0.4, 0.5) is 70.2 Å². The third-order valence-corrected chi connectivity index (χ3v) is 5.84. The molecule has 19 heteroatoms. The van der Waals surface area contributed by atoms with E-state index >= 15 is 0 Å². The van der Waals surface area contributed by atoms with Gasteiger partial charge < -0.3 is 4.90 Å². The molecule has 0 unspecified atom stereocenters. The molecule has 0 atom stereocenters. The molecule has 224 valence electrons. The summed E-state index contributed by atoms with van der Waals surface area (Å²) in [6, 6.07) is 8.10. The summed E-state index contributed by atoms with van der Waals surface area (Å²) in [5.74, 6) is -59.2. The lowest BCUT2D eigenvalue weighted by Gasteiger charge is -2.43. The number of rotatable bonds is 10. The van der Waals surface area contributed by atoms with E-state index in [1.54, 1.807) is 30.3 Å². The van der Waals surface area contributed by atoms with Gasteiger partial charge >= 0.3 is 47.9 Å². The van der Waals surface area contributed by atoms with Crippen LogP contribution in [0.1, 0.15) is 5.56 Å². The van der Waals surface area contributed by atoms with Gasteiger partial charge in [0.1, 0.15) is 0 Å². The molecule has 0 aliphatic carbocycles. The molecule has 1 aliphatic heterocycles. The smallest absolute Gasteiger partial charge is 0.335 e. The van der Waals surface area contributed by atoms with Crippen molar-refractivity contribution in [1.82, 2.24) is 9.80 Å². The number of alkyl halides is 16. The molecule has 0 aromatic heterocycles. The second-order valence-electron chi connectivity index (χ2n) is 8.42.